The Labute approximate surface area is 128 Å². The first-order chi connectivity index (χ1) is 10.7. The maximum Gasteiger partial charge on any atom is 0.225 e. The molecule has 3 nitrogen and oxygen atoms in total. The third-order valence-electron chi connectivity index (χ3n) is 4.26. The van der Waals surface area contributed by atoms with Crippen LogP contribution in [0.25, 0.3) is 10.8 Å². The molecule has 0 spiro atoms. The quantitative estimate of drug-likeness (QED) is 0.711. The molecule has 0 radical (unpaired) electrons. The van der Waals surface area contributed by atoms with E-state index < -0.39 is 0 Å². The lowest BCUT2D eigenvalue weighted by Gasteiger charge is -2.27. The predicted octanol–water partition coefficient (Wildman–Crippen LogP) is 4.02. The topological polar surface area (TPSA) is 49.3 Å². The van der Waals surface area contributed by atoms with Gasteiger partial charge in [0.2, 0.25) is 5.91 Å². The van der Waals surface area contributed by atoms with Gasteiger partial charge in [-0.15, -0.1) is 0 Å². The third kappa shape index (κ3) is 2.02. The monoisotopic (exact) mass is 289 g/mol. The summed E-state index contributed by atoms with van der Waals surface area (Å²) in [5.74, 6) is 0.212. The van der Waals surface area contributed by atoms with Crippen molar-refractivity contribution in [1.29, 1.82) is 0 Å². The molecule has 108 valence electrons. The molecule has 0 fully saturated rings. The van der Waals surface area contributed by atoms with Crippen molar-refractivity contribution >= 4 is 22.4 Å². The van der Waals surface area contributed by atoms with Crippen molar-refractivity contribution < 1.29 is 9.90 Å². The van der Waals surface area contributed by atoms with Crippen LogP contribution in [0.4, 0.5) is 5.69 Å². The van der Waals surface area contributed by atoms with Crippen LogP contribution < -0.4 is 5.32 Å². The van der Waals surface area contributed by atoms with Crippen molar-refractivity contribution in [1.82, 2.24) is 0 Å². The summed E-state index contributed by atoms with van der Waals surface area (Å²) >= 11 is 0. The Morgan fingerprint density at radius 3 is 2.73 bits per heavy atom. The van der Waals surface area contributed by atoms with Crippen molar-refractivity contribution in [3.8, 4) is 5.75 Å². The number of phenolic OH excluding ortho intramolecular Hbond substituents is 1. The zero-order chi connectivity index (χ0) is 15.1. The Morgan fingerprint density at radius 2 is 1.86 bits per heavy atom. The van der Waals surface area contributed by atoms with E-state index in [0.29, 0.717) is 6.42 Å². The van der Waals surface area contributed by atoms with E-state index in [1.807, 2.05) is 36.4 Å². The Balaban J connectivity index is 1.94. The zero-order valence-corrected chi connectivity index (χ0v) is 11.9. The van der Waals surface area contributed by atoms with Crippen molar-refractivity contribution in [3.05, 3.63) is 71.8 Å². The second-order valence-electron chi connectivity index (χ2n) is 5.65. The number of nitrogens with one attached hydrogen (secondary N) is 1. The number of carbonyl (C=O) groups excluding carboxylic acids is 1. The standard InChI is InChI=1S/C19H15NO2/c21-14-6-3-5-13(10-14)17-11-18(22)20-19-15-7-2-1-4-12(15)8-9-16(17)19/h1-10,17,21H,11H2,(H,20,22)/t17-/m1/s1. The van der Waals surface area contributed by atoms with Crippen molar-refractivity contribution in [3.63, 3.8) is 0 Å². The summed E-state index contributed by atoms with van der Waals surface area (Å²) in [5, 5.41) is 14.9. The van der Waals surface area contributed by atoms with Gasteiger partial charge in [-0.1, -0.05) is 48.5 Å². The van der Waals surface area contributed by atoms with Crippen molar-refractivity contribution in [2.24, 2.45) is 0 Å². The number of amides is 1. The van der Waals surface area contributed by atoms with Crippen LogP contribution in [0.2, 0.25) is 0 Å². The van der Waals surface area contributed by atoms with Gasteiger partial charge in [0.05, 0.1) is 5.69 Å². The largest absolute Gasteiger partial charge is 0.508 e. The summed E-state index contributed by atoms with van der Waals surface area (Å²) in [5.41, 5.74) is 2.96. The van der Waals surface area contributed by atoms with Crippen LogP contribution in [-0.2, 0) is 4.79 Å². The van der Waals surface area contributed by atoms with Crippen LogP contribution in [-0.4, -0.2) is 11.0 Å². The minimum atomic E-state index is -0.0274. The van der Waals surface area contributed by atoms with E-state index in [2.05, 4.69) is 17.4 Å². The summed E-state index contributed by atoms with van der Waals surface area (Å²) in [4.78, 5) is 12.2. The molecule has 0 aromatic heterocycles. The molecule has 1 amide bonds. The summed E-state index contributed by atoms with van der Waals surface area (Å²) in [7, 11) is 0. The Morgan fingerprint density at radius 1 is 1.00 bits per heavy atom. The lowest BCUT2D eigenvalue weighted by Crippen LogP contribution is -2.23. The molecule has 0 saturated heterocycles. The fourth-order valence-corrected chi connectivity index (χ4v) is 3.24. The maximum atomic E-state index is 12.2. The van der Waals surface area contributed by atoms with Crippen LogP contribution >= 0.6 is 0 Å². The molecule has 0 unspecified atom stereocenters. The maximum absolute atomic E-state index is 12.2. The summed E-state index contributed by atoms with van der Waals surface area (Å²) in [6.45, 7) is 0. The Kier molecular flexibility index (Phi) is 2.86. The summed E-state index contributed by atoms with van der Waals surface area (Å²) in [6.07, 6.45) is 0.398. The summed E-state index contributed by atoms with van der Waals surface area (Å²) in [6, 6.07) is 19.4. The predicted molar refractivity (Wildman–Crippen MR) is 87.1 cm³/mol. The lowest BCUT2D eigenvalue weighted by atomic mass is 9.83. The molecule has 3 heteroatoms. The van der Waals surface area contributed by atoms with Gasteiger partial charge in [-0.3, -0.25) is 4.79 Å². The second-order valence-corrected chi connectivity index (χ2v) is 5.65. The lowest BCUT2D eigenvalue weighted by molar-refractivity contribution is -0.116. The number of phenols is 1. The molecule has 1 aliphatic rings. The number of hydrogen-bond acceptors (Lipinski definition) is 2. The van der Waals surface area contributed by atoms with Gasteiger partial charge in [0.15, 0.2) is 0 Å². The van der Waals surface area contributed by atoms with Gasteiger partial charge in [-0.25, -0.2) is 0 Å². The normalized spacial score (nSPS) is 17.1. The first-order valence-electron chi connectivity index (χ1n) is 7.33. The van der Waals surface area contributed by atoms with Crippen LogP contribution in [0.1, 0.15) is 23.5 Å². The van der Waals surface area contributed by atoms with Gasteiger partial charge >= 0.3 is 0 Å². The van der Waals surface area contributed by atoms with Gasteiger partial charge in [0.25, 0.3) is 0 Å². The first-order valence-corrected chi connectivity index (χ1v) is 7.33. The smallest absolute Gasteiger partial charge is 0.225 e. The highest BCUT2D eigenvalue weighted by molar-refractivity contribution is 6.06. The van der Waals surface area contributed by atoms with Gasteiger partial charge < -0.3 is 10.4 Å². The molecular formula is C19H15NO2. The first kappa shape index (κ1) is 12.9. The van der Waals surface area contributed by atoms with Crippen molar-refractivity contribution in [2.75, 3.05) is 5.32 Å². The van der Waals surface area contributed by atoms with E-state index in [1.165, 1.54) is 0 Å². The number of fused-ring (bicyclic) bond motifs is 3. The molecule has 0 saturated carbocycles. The zero-order valence-electron chi connectivity index (χ0n) is 11.9. The van der Waals surface area contributed by atoms with Crippen LogP contribution in [0.5, 0.6) is 5.75 Å². The number of anilines is 1. The molecule has 22 heavy (non-hydrogen) atoms. The average Bonchev–Trinajstić information content (AvgIpc) is 2.54. The van der Waals surface area contributed by atoms with Crippen LogP contribution in [0.15, 0.2) is 60.7 Å². The fourth-order valence-electron chi connectivity index (χ4n) is 3.24. The molecule has 2 N–H and O–H groups in total. The number of carbonyl (C=O) groups is 1. The molecule has 3 aromatic rings. The van der Waals surface area contributed by atoms with E-state index in [1.54, 1.807) is 12.1 Å². The SMILES string of the molecule is O=C1C[C@H](c2cccc(O)c2)c2ccc3ccccc3c2N1. The molecule has 3 aromatic carbocycles. The van der Waals surface area contributed by atoms with Gasteiger partial charge in [-0.2, -0.15) is 0 Å². The molecule has 1 atom stereocenters. The molecule has 1 heterocycles. The minimum Gasteiger partial charge on any atom is -0.508 e. The van der Waals surface area contributed by atoms with E-state index in [4.69, 9.17) is 0 Å². The van der Waals surface area contributed by atoms with Crippen LogP contribution in [0.3, 0.4) is 0 Å². The Hall–Kier alpha value is -2.81. The van der Waals surface area contributed by atoms with Crippen LogP contribution in [0, 0.1) is 0 Å². The third-order valence-corrected chi connectivity index (χ3v) is 4.26. The van der Waals surface area contributed by atoms with E-state index in [0.717, 1.165) is 27.6 Å². The minimum absolute atomic E-state index is 0.0113. The fraction of sp³-hybridized carbons (Fsp3) is 0.105. The number of benzene rings is 3. The molecule has 4 rings (SSSR count). The van der Waals surface area contributed by atoms with E-state index in [9.17, 15) is 9.90 Å². The number of hydrogen-bond donors (Lipinski definition) is 2. The van der Waals surface area contributed by atoms with Gasteiger partial charge in [0.1, 0.15) is 5.75 Å². The van der Waals surface area contributed by atoms with Crippen molar-refractivity contribution in [2.45, 2.75) is 12.3 Å². The number of rotatable bonds is 1. The van der Waals surface area contributed by atoms with Gasteiger partial charge in [-0.05, 0) is 28.6 Å². The molecule has 0 aliphatic carbocycles. The van der Waals surface area contributed by atoms with E-state index in [-0.39, 0.29) is 17.6 Å². The highest BCUT2D eigenvalue weighted by atomic mass is 16.3. The Bertz CT molecular complexity index is 885. The number of aromatic hydroxyl groups is 1. The van der Waals surface area contributed by atoms with Gasteiger partial charge in [0, 0.05) is 17.7 Å². The van der Waals surface area contributed by atoms with E-state index >= 15 is 0 Å². The highest BCUT2D eigenvalue weighted by Gasteiger charge is 2.27. The average molecular weight is 289 g/mol. The summed E-state index contributed by atoms with van der Waals surface area (Å²) < 4.78 is 0. The highest BCUT2D eigenvalue weighted by Crippen LogP contribution is 2.41. The second kappa shape index (κ2) is 4.88. The molecule has 0 bridgehead atoms. The molecular weight excluding hydrogens is 274 g/mol. The molecule has 1 aliphatic heterocycles.